The van der Waals surface area contributed by atoms with Crippen LogP contribution in [0.5, 0.6) is 0 Å². The average molecular weight is 540 g/mol. The quantitative estimate of drug-likeness (QED) is 0.359. The Morgan fingerprint density at radius 1 is 0.842 bits per heavy atom. The molecule has 202 valence electrons. The van der Waals surface area contributed by atoms with E-state index in [4.69, 9.17) is 0 Å². The van der Waals surface area contributed by atoms with E-state index in [1.807, 2.05) is 43.3 Å². The predicted octanol–water partition coefficient (Wildman–Crippen LogP) is 3.75. The summed E-state index contributed by atoms with van der Waals surface area (Å²) in [5, 5.41) is 2.88. The van der Waals surface area contributed by atoms with E-state index in [1.54, 1.807) is 36.4 Å². The predicted molar refractivity (Wildman–Crippen MR) is 146 cm³/mol. The second-order valence-corrected chi connectivity index (χ2v) is 11.1. The van der Waals surface area contributed by atoms with Crippen molar-refractivity contribution in [1.82, 2.24) is 14.5 Å². The van der Waals surface area contributed by atoms with Gasteiger partial charge in [-0.25, -0.2) is 12.8 Å². The molecule has 3 aromatic carbocycles. The normalized spacial score (nSPS) is 12.2. The molecule has 0 unspecified atom stereocenters. The number of hydrogen-bond donors (Lipinski definition) is 1. The molecule has 0 aliphatic carbocycles. The van der Waals surface area contributed by atoms with Crippen LogP contribution >= 0.6 is 0 Å². The maximum atomic E-state index is 13.8. The maximum absolute atomic E-state index is 13.8. The Hall–Kier alpha value is -3.56. The molecule has 0 saturated heterocycles. The number of nitrogens with zero attached hydrogens (tertiary/aromatic N) is 2. The van der Waals surface area contributed by atoms with Gasteiger partial charge in [0.2, 0.25) is 21.8 Å². The van der Waals surface area contributed by atoms with Crippen molar-refractivity contribution in [3.8, 4) is 0 Å². The number of nitrogens with one attached hydrogen (secondary N) is 1. The molecule has 0 aromatic heterocycles. The van der Waals surface area contributed by atoms with Crippen LogP contribution in [0.1, 0.15) is 30.0 Å². The summed E-state index contributed by atoms with van der Waals surface area (Å²) in [6.07, 6.45) is 2.01. The third-order valence-electron chi connectivity index (χ3n) is 6.07. The maximum Gasteiger partial charge on any atom is 0.243 e. The topological polar surface area (TPSA) is 86.8 Å². The molecule has 3 rings (SSSR count). The van der Waals surface area contributed by atoms with Crippen molar-refractivity contribution in [2.24, 2.45) is 0 Å². The molecule has 0 radical (unpaired) electrons. The lowest BCUT2D eigenvalue weighted by Crippen LogP contribution is -2.53. The highest BCUT2D eigenvalue weighted by Gasteiger charge is 2.32. The standard InChI is InChI=1S/C29H34FN3O4S/c1-3-18-31-29(35)27(19-23-10-6-4-7-11-23)33(21-25-14-16-26(30)17-15-25)28(34)22-32(38(2,36)37)20-24-12-8-5-9-13-24/h4-17,27H,3,18-22H2,1-2H3,(H,31,35)/t27-/m1/s1. The summed E-state index contributed by atoms with van der Waals surface area (Å²) >= 11 is 0. The SMILES string of the molecule is CCCNC(=O)[C@@H](Cc1ccccc1)N(Cc1ccc(F)cc1)C(=O)CN(Cc1ccccc1)S(C)(=O)=O. The van der Waals surface area contributed by atoms with E-state index in [9.17, 15) is 22.4 Å². The van der Waals surface area contributed by atoms with E-state index in [1.165, 1.54) is 17.0 Å². The summed E-state index contributed by atoms with van der Waals surface area (Å²) in [6.45, 7) is 1.95. The Bertz CT molecular complexity index is 1290. The molecular formula is C29H34FN3O4S. The molecule has 0 bridgehead atoms. The Labute approximate surface area is 224 Å². The highest BCUT2D eigenvalue weighted by atomic mass is 32.2. The number of halogens is 1. The molecule has 3 aromatic rings. The summed E-state index contributed by atoms with van der Waals surface area (Å²) in [5.74, 6) is -1.28. The molecule has 0 fully saturated rings. The Morgan fingerprint density at radius 2 is 1.39 bits per heavy atom. The molecule has 0 saturated carbocycles. The van der Waals surface area contributed by atoms with Crippen LogP contribution in [0.4, 0.5) is 4.39 Å². The largest absolute Gasteiger partial charge is 0.354 e. The third kappa shape index (κ3) is 8.78. The molecule has 1 N–H and O–H groups in total. The Kier molecular flexibility index (Phi) is 10.6. The van der Waals surface area contributed by atoms with Gasteiger partial charge in [0.1, 0.15) is 11.9 Å². The van der Waals surface area contributed by atoms with Gasteiger partial charge in [-0.3, -0.25) is 9.59 Å². The number of rotatable bonds is 13. The van der Waals surface area contributed by atoms with Gasteiger partial charge in [-0.15, -0.1) is 0 Å². The van der Waals surface area contributed by atoms with Crippen LogP contribution in [-0.2, 0) is 39.1 Å². The second kappa shape index (κ2) is 13.8. The molecule has 0 spiro atoms. The van der Waals surface area contributed by atoms with Crippen LogP contribution in [0, 0.1) is 5.82 Å². The van der Waals surface area contributed by atoms with Gasteiger partial charge >= 0.3 is 0 Å². The molecule has 38 heavy (non-hydrogen) atoms. The van der Waals surface area contributed by atoms with E-state index in [0.29, 0.717) is 18.5 Å². The van der Waals surface area contributed by atoms with Crippen molar-refractivity contribution in [2.75, 3.05) is 19.3 Å². The molecule has 0 aliphatic heterocycles. The first kappa shape index (κ1) is 29.0. The third-order valence-corrected chi connectivity index (χ3v) is 7.27. The molecule has 2 amide bonds. The highest BCUT2D eigenvalue weighted by molar-refractivity contribution is 7.88. The monoisotopic (exact) mass is 539 g/mol. The smallest absolute Gasteiger partial charge is 0.243 e. The second-order valence-electron chi connectivity index (χ2n) is 9.16. The van der Waals surface area contributed by atoms with E-state index >= 15 is 0 Å². The van der Waals surface area contributed by atoms with E-state index in [-0.39, 0.29) is 25.4 Å². The Balaban J connectivity index is 1.97. The van der Waals surface area contributed by atoms with Gasteiger partial charge in [0.05, 0.1) is 12.8 Å². The lowest BCUT2D eigenvalue weighted by Gasteiger charge is -2.33. The van der Waals surface area contributed by atoms with Gasteiger partial charge in [-0.1, -0.05) is 79.7 Å². The minimum absolute atomic E-state index is 0.0130. The molecule has 0 heterocycles. The van der Waals surface area contributed by atoms with Crippen molar-refractivity contribution in [1.29, 1.82) is 0 Å². The van der Waals surface area contributed by atoms with E-state index < -0.39 is 34.3 Å². The fourth-order valence-electron chi connectivity index (χ4n) is 4.03. The number of carbonyl (C=O) groups is 2. The van der Waals surface area contributed by atoms with Crippen LogP contribution in [0.3, 0.4) is 0 Å². The first-order valence-corrected chi connectivity index (χ1v) is 14.4. The minimum atomic E-state index is -3.75. The zero-order valence-electron chi connectivity index (χ0n) is 21.7. The highest BCUT2D eigenvalue weighted by Crippen LogP contribution is 2.17. The van der Waals surface area contributed by atoms with E-state index in [2.05, 4.69) is 5.32 Å². The first-order chi connectivity index (χ1) is 18.2. The van der Waals surface area contributed by atoms with E-state index in [0.717, 1.165) is 21.7 Å². The first-order valence-electron chi connectivity index (χ1n) is 12.5. The number of sulfonamides is 1. The van der Waals surface area contributed by atoms with Gasteiger partial charge in [0.15, 0.2) is 0 Å². The summed E-state index contributed by atoms with van der Waals surface area (Å²) in [4.78, 5) is 28.6. The lowest BCUT2D eigenvalue weighted by molar-refractivity contribution is -0.141. The van der Waals surface area contributed by atoms with Gasteiger partial charge < -0.3 is 10.2 Å². The molecule has 9 heteroatoms. The number of amides is 2. The molecular weight excluding hydrogens is 505 g/mol. The van der Waals surface area contributed by atoms with Crippen molar-refractivity contribution >= 4 is 21.8 Å². The van der Waals surface area contributed by atoms with Crippen molar-refractivity contribution in [2.45, 2.75) is 38.9 Å². The van der Waals surface area contributed by atoms with Gasteiger partial charge in [-0.05, 0) is 35.2 Å². The summed E-state index contributed by atoms with van der Waals surface area (Å²) in [6, 6.07) is 23.1. The summed E-state index contributed by atoms with van der Waals surface area (Å²) in [7, 11) is -3.75. The molecule has 1 atom stereocenters. The van der Waals surface area contributed by atoms with Gasteiger partial charge in [0, 0.05) is 26.1 Å². The van der Waals surface area contributed by atoms with Crippen molar-refractivity contribution < 1.29 is 22.4 Å². The molecule has 7 nitrogen and oxygen atoms in total. The number of hydrogen-bond acceptors (Lipinski definition) is 4. The van der Waals surface area contributed by atoms with Crippen molar-refractivity contribution in [3.63, 3.8) is 0 Å². The van der Waals surface area contributed by atoms with Crippen LogP contribution < -0.4 is 5.32 Å². The number of carbonyl (C=O) groups excluding carboxylic acids is 2. The van der Waals surface area contributed by atoms with Gasteiger partial charge in [0.25, 0.3) is 0 Å². The van der Waals surface area contributed by atoms with Crippen LogP contribution in [0.2, 0.25) is 0 Å². The average Bonchev–Trinajstić information content (AvgIpc) is 2.90. The summed E-state index contributed by atoms with van der Waals surface area (Å²) in [5.41, 5.74) is 2.21. The zero-order chi connectivity index (χ0) is 27.5. The van der Waals surface area contributed by atoms with Crippen LogP contribution in [0.15, 0.2) is 84.9 Å². The molecule has 0 aliphatic rings. The fraction of sp³-hybridized carbons (Fsp3) is 0.310. The fourth-order valence-corrected chi connectivity index (χ4v) is 4.75. The van der Waals surface area contributed by atoms with Crippen LogP contribution in [-0.4, -0.2) is 54.8 Å². The Morgan fingerprint density at radius 3 is 1.95 bits per heavy atom. The summed E-state index contributed by atoms with van der Waals surface area (Å²) < 4.78 is 40.0. The minimum Gasteiger partial charge on any atom is -0.354 e. The van der Waals surface area contributed by atoms with Crippen LogP contribution in [0.25, 0.3) is 0 Å². The van der Waals surface area contributed by atoms with Crippen molar-refractivity contribution in [3.05, 3.63) is 107 Å². The zero-order valence-corrected chi connectivity index (χ0v) is 22.5. The lowest BCUT2D eigenvalue weighted by atomic mass is 10.0. The number of benzene rings is 3. The van der Waals surface area contributed by atoms with Gasteiger partial charge in [-0.2, -0.15) is 4.31 Å².